The molecule has 0 aromatic heterocycles. The van der Waals surface area contributed by atoms with Gasteiger partial charge in [-0.05, 0) is 0 Å². The van der Waals surface area contributed by atoms with Gasteiger partial charge in [0.1, 0.15) is 4.24 Å². The van der Waals surface area contributed by atoms with Crippen LogP contribution in [-0.4, -0.2) is 62.1 Å². The van der Waals surface area contributed by atoms with E-state index in [1.807, 2.05) is 6.07 Å². The zero-order valence-electron chi connectivity index (χ0n) is 5.85. The molecule has 1 radical (unpaired) electrons. The average Bonchev–Trinajstić information content (AvgIpc) is 1.82. The number of thioether (sulfide) groups is 1. The molecule has 11 heavy (non-hydrogen) atoms. The van der Waals surface area contributed by atoms with E-state index in [0.29, 0.717) is 0 Å². The van der Waals surface area contributed by atoms with Crippen LogP contribution in [0.5, 0.6) is 0 Å². The maximum atomic E-state index is 9.76. The monoisotopic (exact) mass is 215 g/mol. The first-order chi connectivity index (χ1) is 4.66. The number of nitro groups is 1. The zero-order valence-corrected chi connectivity index (χ0v) is 10.7. The fraction of sp³-hybridized carbons (Fsp3) is 0.250. The van der Waals surface area contributed by atoms with E-state index in [1.165, 1.54) is 0 Å². The molecular formula is C4H4KN2O2S2. The van der Waals surface area contributed by atoms with Crippen LogP contribution in [0.3, 0.4) is 0 Å². The summed E-state index contributed by atoms with van der Waals surface area (Å²) in [6.07, 6.45) is 0.755. The average molecular weight is 215 g/mol. The molecule has 0 heterocycles. The predicted molar refractivity (Wildman–Crippen MR) is 47.9 cm³/mol. The summed E-state index contributed by atoms with van der Waals surface area (Å²) >= 11 is 4.76. The summed E-state index contributed by atoms with van der Waals surface area (Å²) in [6, 6.07) is 1.82. The van der Waals surface area contributed by atoms with Gasteiger partial charge < -0.3 is 0 Å². The van der Waals surface area contributed by atoms with Gasteiger partial charge in [0.05, 0.1) is 16.7 Å². The Bertz CT molecular complexity index is 201. The van der Waals surface area contributed by atoms with Crippen LogP contribution in [0.1, 0.15) is 0 Å². The third kappa shape index (κ3) is 11.0. The number of thiol groups is 1. The van der Waals surface area contributed by atoms with Crippen molar-refractivity contribution in [2.45, 2.75) is 0 Å². The summed E-state index contributed by atoms with van der Waals surface area (Å²) < 4.78 is 0.242. The summed E-state index contributed by atoms with van der Waals surface area (Å²) in [5, 5.41) is 17.8. The van der Waals surface area contributed by atoms with Crippen LogP contribution in [0.15, 0.2) is 10.4 Å². The van der Waals surface area contributed by atoms with Crippen LogP contribution in [-0.2, 0) is 0 Å². The molecule has 0 saturated carbocycles. The van der Waals surface area contributed by atoms with E-state index in [9.17, 15) is 10.1 Å². The minimum absolute atomic E-state index is 0. The fourth-order valence-electron chi connectivity index (χ4n) is 0.234. The van der Waals surface area contributed by atoms with Crippen LogP contribution in [0.25, 0.3) is 0 Å². The number of hydrogen-bond acceptors (Lipinski definition) is 5. The Balaban J connectivity index is 0. The summed E-state index contributed by atoms with van der Waals surface area (Å²) in [5.74, 6) is 0.184. The molecule has 0 amide bonds. The van der Waals surface area contributed by atoms with Crippen molar-refractivity contribution in [2.75, 3.05) is 5.75 Å². The Morgan fingerprint density at radius 3 is 2.82 bits per heavy atom. The normalized spacial score (nSPS) is 9.64. The molecule has 0 aliphatic heterocycles. The van der Waals surface area contributed by atoms with Gasteiger partial charge in [0.2, 0.25) is 0 Å². The smallest absolute Gasteiger partial charge is 0.254 e. The van der Waals surface area contributed by atoms with Crippen molar-refractivity contribution in [2.24, 2.45) is 0 Å². The van der Waals surface area contributed by atoms with E-state index in [4.69, 9.17) is 5.26 Å². The van der Waals surface area contributed by atoms with Gasteiger partial charge in [-0.2, -0.15) is 5.26 Å². The molecule has 0 atom stereocenters. The summed E-state index contributed by atoms with van der Waals surface area (Å²) in [7, 11) is 0. The Labute approximate surface area is 116 Å². The van der Waals surface area contributed by atoms with Crippen molar-refractivity contribution in [3.05, 3.63) is 20.6 Å². The maximum absolute atomic E-state index is 9.76. The van der Waals surface area contributed by atoms with Gasteiger partial charge in [0.25, 0.3) is 6.20 Å². The zero-order chi connectivity index (χ0) is 7.98. The van der Waals surface area contributed by atoms with Crippen molar-refractivity contribution >= 4 is 75.8 Å². The molecule has 0 aromatic carbocycles. The van der Waals surface area contributed by atoms with Crippen LogP contribution in [0.4, 0.5) is 0 Å². The standard InChI is InChI=1S/C4H4N2O2S2.K/c5-1-2-10-4(9)3-6(7)8;/h3,9H,2H2;. The second-order valence-electron chi connectivity index (χ2n) is 1.20. The minimum atomic E-state index is -0.604. The predicted octanol–water partition coefficient (Wildman–Crippen LogP) is 0.868. The molecule has 55 valence electrons. The van der Waals surface area contributed by atoms with E-state index >= 15 is 0 Å². The Kier molecular flexibility index (Phi) is 11.9. The van der Waals surface area contributed by atoms with Crippen molar-refractivity contribution in [1.29, 1.82) is 5.26 Å². The van der Waals surface area contributed by atoms with Crippen LogP contribution in [0, 0.1) is 21.4 Å². The van der Waals surface area contributed by atoms with Gasteiger partial charge >= 0.3 is 0 Å². The first-order valence-corrected chi connectivity index (χ1v) is 3.64. The van der Waals surface area contributed by atoms with E-state index < -0.39 is 4.92 Å². The van der Waals surface area contributed by atoms with E-state index in [2.05, 4.69) is 12.6 Å². The molecule has 0 aromatic rings. The van der Waals surface area contributed by atoms with Gasteiger partial charge in [-0.3, -0.25) is 10.1 Å². The first-order valence-electron chi connectivity index (χ1n) is 2.21. The second kappa shape index (κ2) is 9.06. The first kappa shape index (κ1) is 14.5. The summed E-state index contributed by atoms with van der Waals surface area (Å²) in [5.41, 5.74) is 0. The van der Waals surface area contributed by atoms with Gasteiger partial charge in [-0.1, -0.05) is 11.8 Å². The molecule has 0 bridgehead atoms. The van der Waals surface area contributed by atoms with Gasteiger partial charge in [-0.25, -0.2) is 0 Å². The molecule has 0 aliphatic rings. The number of rotatable bonds is 3. The van der Waals surface area contributed by atoms with E-state index in [1.54, 1.807) is 0 Å². The van der Waals surface area contributed by atoms with Crippen molar-refractivity contribution in [1.82, 2.24) is 0 Å². The molecule has 0 saturated heterocycles. The molecule has 0 unspecified atom stereocenters. The second-order valence-corrected chi connectivity index (χ2v) is 3.00. The Morgan fingerprint density at radius 2 is 2.45 bits per heavy atom. The SMILES string of the molecule is N#CCSC(S)=C[N+](=O)[O-].[K]. The topological polar surface area (TPSA) is 66.9 Å². The van der Waals surface area contributed by atoms with Crippen LogP contribution in [0.2, 0.25) is 0 Å². The molecule has 7 heteroatoms. The third-order valence-electron chi connectivity index (χ3n) is 0.500. The van der Waals surface area contributed by atoms with Gasteiger partial charge in [0, 0.05) is 51.4 Å². The summed E-state index contributed by atoms with van der Waals surface area (Å²) in [6.45, 7) is 0. The van der Waals surface area contributed by atoms with Crippen LogP contribution < -0.4 is 0 Å². The van der Waals surface area contributed by atoms with Gasteiger partial charge in [0.15, 0.2) is 0 Å². The Morgan fingerprint density at radius 1 is 1.91 bits per heavy atom. The largest absolute Gasteiger partial charge is 0.259 e. The van der Waals surface area contributed by atoms with Crippen molar-refractivity contribution < 1.29 is 4.92 Å². The molecule has 0 rings (SSSR count). The van der Waals surface area contributed by atoms with E-state index in [0.717, 1.165) is 18.0 Å². The summed E-state index contributed by atoms with van der Waals surface area (Å²) in [4.78, 5) is 9.15. The number of hydrogen-bond donors (Lipinski definition) is 1. The number of nitriles is 1. The molecule has 0 spiro atoms. The quantitative estimate of drug-likeness (QED) is 0.328. The van der Waals surface area contributed by atoms with Crippen molar-refractivity contribution in [3.63, 3.8) is 0 Å². The fourth-order valence-corrected chi connectivity index (χ4v) is 0.895. The molecule has 4 nitrogen and oxygen atoms in total. The molecular weight excluding hydrogens is 211 g/mol. The molecule has 0 aliphatic carbocycles. The molecule has 0 N–H and O–H groups in total. The van der Waals surface area contributed by atoms with E-state index in [-0.39, 0.29) is 61.4 Å². The van der Waals surface area contributed by atoms with Crippen molar-refractivity contribution in [3.8, 4) is 6.07 Å². The minimum Gasteiger partial charge on any atom is -0.259 e. The van der Waals surface area contributed by atoms with Crippen LogP contribution >= 0.6 is 24.4 Å². The van der Waals surface area contributed by atoms with Gasteiger partial charge in [-0.15, -0.1) is 12.6 Å². The Hall–Kier alpha value is 0.966. The molecule has 0 fully saturated rings. The number of nitrogens with zero attached hydrogens (tertiary/aromatic N) is 2. The maximum Gasteiger partial charge on any atom is 0.254 e. The third-order valence-corrected chi connectivity index (χ3v) is 1.68.